The van der Waals surface area contributed by atoms with Gasteiger partial charge in [0.1, 0.15) is 0 Å². The molecule has 2 heteroatoms. The molecule has 0 unspecified atom stereocenters. The van der Waals surface area contributed by atoms with Gasteiger partial charge in [0.2, 0.25) is 0 Å². The first-order valence-electron chi connectivity index (χ1n) is 5.09. The van der Waals surface area contributed by atoms with Gasteiger partial charge in [-0.2, -0.15) is 0 Å². The average molecular weight is 228 g/mol. The van der Waals surface area contributed by atoms with Crippen LogP contribution in [0.15, 0.2) is 48.5 Å². The lowest BCUT2D eigenvalue weighted by molar-refractivity contribution is 0.104. The number of rotatable bonds is 3. The molecule has 0 aliphatic heterocycles. The van der Waals surface area contributed by atoms with Gasteiger partial charge >= 0.3 is 0 Å². The molecule has 0 fully saturated rings. The predicted octanol–water partition coefficient (Wildman–Crippen LogP) is 3.95. The van der Waals surface area contributed by atoms with Crippen LogP contribution in [-0.2, 0) is 0 Å². The number of carbonyl (C=O) groups excluding carboxylic acids is 1. The maximum absolute atomic E-state index is 11.7. The van der Waals surface area contributed by atoms with E-state index in [1.807, 2.05) is 42.5 Å². The highest BCUT2D eigenvalue weighted by Crippen LogP contribution is 2.16. The lowest BCUT2D eigenvalue weighted by Gasteiger charge is -1.92. The van der Waals surface area contributed by atoms with Gasteiger partial charge in [-0.15, -0.1) is 11.3 Å². The first kappa shape index (κ1) is 10.8. The maximum Gasteiger partial charge on any atom is 0.185 e. The first-order valence-corrected chi connectivity index (χ1v) is 5.91. The van der Waals surface area contributed by atoms with Crippen molar-refractivity contribution >= 4 is 23.2 Å². The summed E-state index contributed by atoms with van der Waals surface area (Å²) in [5.74, 6) is 0.0478. The Balaban J connectivity index is 2.11. The summed E-state index contributed by atoms with van der Waals surface area (Å²) < 4.78 is 0. The highest BCUT2D eigenvalue weighted by Gasteiger charge is 1.99. The SMILES string of the molecule is Cc1ccc(C=CC(=O)c2ccccc2)s1. The Kier molecular flexibility index (Phi) is 3.32. The van der Waals surface area contributed by atoms with Gasteiger partial charge < -0.3 is 0 Å². The van der Waals surface area contributed by atoms with Crippen LogP contribution in [0.2, 0.25) is 0 Å². The third-order valence-electron chi connectivity index (χ3n) is 2.22. The number of hydrogen-bond acceptors (Lipinski definition) is 2. The van der Waals surface area contributed by atoms with Crippen LogP contribution in [0.5, 0.6) is 0 Å². The lowest BCUT2D eigenvalue weighted by atomic mass is 10.1. The number of ketones is 1. The zero-order valence-corrected chi connectivity index (χ0v) is 9.83. The molecule has 0 spiro atoms. The second-order valence-corrected chi connectivity index (χ2v) is 4.83. The number of aryl methyl sites for hydroxylation is 1. The first-order chi connectivity index (χ1) is 7.75. The molecule has 0 aliphatic rings. The Labute approximate surface area is 99.1 Å². The number of allylic oxidation sites excluding steroid dienone is 1. The molecule has 2 aromatic rings. The fraction of sp³-hybridized carbons (Fsp3) is 0.0714. The molecule has 0 radical (unpaired) electrons. The smallest absolute Gasteiger partial charge is 0.185 e. The fourth-order valence-electron chi connectivity index (χ4n) is 1.40. The Morgan fingerprint density at radius 1 is 1.12 bits per heavy atom. The summed E-state index contributed by atoms with van der Waals surface area (Å²) in [4.78, 5) is 14.1. The Morgan fingerprint density at radius 3 is 2.50 bits per heavy atom. The Bertz CT molecular complexity index is 509. The molecule has 0 saturated heterocycles. The molecular formula is C14H12OS. The van der Waals surface area contributed by atoms with Crippen LogP contribution in [0.25, 0.3) is 6.08 Å². The van der Waals surface area contributed by atoms with Crippen LogP contribution in [0.3, 0.4) is 0 Å². The van der Waals surface area contributed by atoms with E-state index < -0.39 is 0 Å². The highest BCUT2D eigenvalue weighted by atomic mass is 32.1. The molecule has 16 heavy (non-hydrogen) atoms. The maximum atomic E-state index is 11.7. The largest absolute Gasteiger partial charge is 0.289 e. The summed E-state index contributed by atoms with van der Waals surface area (Å²) in [7, 11) is 0. The van der Waals surface area contributed by atoms with Gasteiger partial charge in [0.15, 0.2) is 5.78 Å². The van der Waals surface area contributed by atoms with Crippen molar-refractivity contribution < 1.29 is 4.79 Å². The van der Waals surface area contributed by atoms with Gasteiger partial charge in [0.05, 0.1) is 0 Å². The van der Waals surface area contributed by atoms with Crippen LogP contribution in [0.4, 0.5) is 0 Å². The van der Waals surface area contributed by atoms with E-state index >= 15 is 0 Å². The van der Waals surface area contributed by atoms with Crippen LogP contribution >= 0.6 is 11.3 Å². The molecule has 1 aromatic carbocycles. The van der Waals surface area contributed by atoms with Gasteiger partial charge in [0.25, 0.3) is 0 Å². The molecule has 1 heterocycles. The van der Waals surface area contributed by atoms with Crippen molar-refractivity contribution in [1.29, 1.82) is 0 Å². The van der Waals surface area contributed by atoms with Gasteiger partial charge in [-0.3, -0.25) is 4.79 Å². The third-order valence-corrected chi connectivity index (χ3v) is 3.18. The van der Waals surface area contributed by atoms with Gasteiger partial charge in [-0.1, -0.05) is 30.3 Å². The van der Waals surface area contributed by atoms with E-state index in [-0.39, 0.29) is 5.78 Å². The molecule has 1 aromatic heterocycles. The second kappa shape index (κ2) is 4.90. The molecule has 0 aliphatic carbocycles. The molecule has 80 valence electrons. The van der Waals surface area contributed by atoms with Crippen molar-refractivity contribution in [1.82, 2.24) is 0 Å². The molecule has 0 amide bonds. The number of benzene rings is 1. The zero-order valence-electron chi connectivity index (χ0n) is 9.01. The summed E-state index contributed by atoms with van der Waals surface area (Å²) in [5, 5.41) is 0. The predicted molar refractivity (Wildman–Crippen MR) is 68.9 cm³/mol. The van der Waals surface area contributed by atoms with Gasteiger partial charge in [-0.25, -0.2) is 0 Å². The quantitative estimate of drug-likeness (QED) is 0.574. The standard InChI is InChI=1S/C14H12OS/c1-11-7-8-13(16-11)9-10-14(15)12-5-3-2-4-6-12/h2-10H,1H3. The van der Waals surface area contributed by atoms with E-state index in [4.69, 9.17) is 0 Å². The molecule has 0 atom stereocenters. The van der Waals surface area contributed by atoms with Crippen LogP contribution in [-0.4, -0.2) is 5.78 Å². The normalized spacial score (nSPS) is 10.8. The molecule has 1 nitrogen and oxygen atoms in total. The lowest BCUT2D eigenvalue weighted by Crippen LogP contribution is -1.92. The minimum atomic E-state index is 0.0478. The molecule has 0 N–H and O–H groups in total. The summed E-state index contributed by atoms with van der Waals surface area (Å²) in [5.41, 5.74) is 0.729. The molecular weight excluding hydrogens is 216 g/mol. The van der Waals surface area contributed by atoms with Crippen molar-refractivity contribution in [3.05, 3.63) is 63.9 Å². The highest BCUT2D eigenvalue weighted by molar-refractivity contribution is 7.12. The average Bonchev–Trinajstić information content (AvgIpc) is 2.73. The topological polar surface area (TPSA) is 17.1 Å². The van der Waals surface area contributed by atoms with E-state index in [1.54, 1.807) is 17.4 Å². The Hall–Kier alpha value is -1.67. The van der Waals surface area contributed by atoms with Crippen LogP contribution in [0, 0.1) is 6.92 Å². The zero-order chi connectivity index (χ0) is 11.4. The summed E-state index contributed by atoms with van der Waals surface area (Å²) in [6.45, 7) is 2.06. The van der Waals surface area contributed by atoms with E-state index in [0.29, 0.717) is 0 Å². The number of hydrogen-bond donors (Lipinski definition) is 0. The molecule has 0 bridgehead atoms. The second-order valence-electron chi connectivity index (χ2n) is 3.51. The van der Waals surface area contributed by atoms with Crippen molar-refractivity contribution in [2.75, 3.05) is 0 Å². The minimum absolute atomic E-state index is 0.0478. The summed E-state index contributed by atoms with van der Waals surface area (Å²) in [6, 6.07) is 13.4. The minimum Gasteiger partial charge on any atom is -0.289 e. The summed E-state index contributed by atoms with van der Waals surface area (Å²) >= 11 is 1.69. The van der Waals surface area contributed by atoms with E-state index in [0.717, 1.165) is 10.4 Å². The van der Waals surface area contributed by atoms with E-state index in [1.165, 1.54) is 4.88 Å². The van der Waals surface area contributed by atoms with Crippen molar-refractivity contribution in [3.8, 4) is 0 Å². The van der Waals surface area contributed by atoms with Gasteiger partial charge in [0, 0.05) is 15.3 Å². The van der Waals surface area contributed by atoms with Crippen molar-refractivity contribution in [2.24, 2.45) is 0 Å². The third kappa shape index (κ3) is 2.67. The van der Waals surface area contributed by atoms with E-state index in [2.05, 4.69) is 13.0 Å². The van der Waals surface area contributed by atoms with Crippen LogP contribution < -0.4 is 0 Å². The molecule has 2 rings (SSSR count). The van der Waals surface area contributed by atoms with Crippen molar-refractivity contribution in [2.45, 2.75) is 6.92 Å². The Morgan fingerprint density at radius 2 is 1.88 bits per heavy atom. The molecule has 0 saturated carbocycles. The fourth-order valence-corrected chi connectivity index (χ4v) is 2.18. The van der Waals surface area contributed by atoms with Crippen molar-refractivity contribution in [3.63, 3.8) is 0 Å². The number of thiophene rings is 1. The monoisotopic (exact) mass is 228 g/mol. The summed E-state index contributed by atoms with van der Waals surface area (Å²) in [6.07, 6.45) is 3.49. The van der Waals surface area contributed by atoms with Gasteiger partial charge in [-0.05, 0) is 31.2 Å². The van der Waals surface area contributed by atoms with E-state index in [9.17, 15) is 4.79 Å². The number of carbonyl (C=O) groups is 1. The van der Waals surface area contributed by atoms with Crippen LogP contribution in [0.1, 0.15) is 20.1 Å².